The predicted molar refractivity (Wildman–Crippen MR) is 124 cm³/mol. The number of hydrogen-bond donors (Lipinski definition) is 1. The number of methoxy groups -OCH3 is 2. The van der Waals surface area contributed by atoms with Gasteiger partial charge in [-0.15, -0.1) is 0 Å². The van der Waals surface area contributed by atoms with E-state index in [0.717, 1.165) is 11.1 Å². The molecule has 1 aliphatic rings. The van der Waals surface area contributed by atoms with Gasteiger partial charge >= 0.3 is 0 Å². The maximum Gasteiger partial charge on any atom is 0.300 e. The van der Waals surface area contributed by atoms with Crippen LogP contribution in [0.25, 0.3) is 5.76 Å². The lowest BCUT2D eigenvalue weighted by Crippen LogP contribution is -2.30. The fourth-order valence-electron chi connectivity index (χ4n) is 4.06. The van der Waals surface area contributed by atoms with Crippen LogP contribution < -0.4 is 14.4 Å². The Balaban J connectivity index is 1.96. The predicted octanol–water partition coefficient (Wildman–Crippen LogP) is 4.34. The third-order valence-electron chi connectivity index (χ3n) is 5.75. The molecule has 7 nitrogen and oxygen atoms in total. The van der Waals surface area contributed by atoms with Crippen LogP contribution in [0.15, 0.2) is 66.5 Å². The molecule has 1 amide bonds. The molecule has 7 heteroatoms. The minimum Gasteiger partial charge on any atom is -0.507 e. The van der Waals surface area contributed by atoms with E-state index in [1.807, 2.05) is 32.0 Å². The zero-order valence-electron chi connectivity index (χ0n) is 18.8. The maximum atomic E-state index is 13.3. The average Bonchev–Trinajstić information content (AvgIpc) is 3.10. The van der Waals surface area contributed by atoms with Gasteiger partial charge in [0.15, 0.2) is 11.5 Å². The van der Waals surface area contributed by atoms with Gasteiger partial charge in [0.2, 0.25) is 0 Å². The number of benzene rings is 2. The molecule has 0 saturated carbocycles. The number of Topliss-reactive ketones (excluding diaryl/α,β-unsaturated/α-hetero) is 1. The lowest BCUT2D eigenvalue weighted by atomic mass is 9.95. The van der Waals surface area contributed by atoms with E-state index < -0.39 is 17.7 Å². The summed E-state index contributed by atoms with van der Waals surface area (Å²) in [5, 5.41) is 11.3. The Morgan fingerprint density at radius 1 is 0.939 bits per heavy atom. The topological polar surface area (TPSA) is 89.0 Å². The molecule has 0 aliphatic carbocycles. The molecule has 1 atom stereocenters. The van der Waals surface area contributed by atoms with Gasteiger partial charge < -0.3 is 14.6 Å². The van der Waals surface area contributed by atoms with Crippen molar-refractivity contribution in [2.75, 3.05) is 19.1 Å². The highest BCUT2D eigenvalue weighted by atomic mass is 16.5. The number of anilines is 1. The van der Waals surface area contributed by atoms with Gasteiger partial charge in [0.1, 0.15) is 5.76 Å². The van der Waals surface area contributed by atoms with Gasteiger partial charge in [-0.25, -0.2) is 0 Å². The average molecular weight is 444 g/mol. The summed E-state index contributed by atoms with van der Waals surface area (Å²) in [6, 6.07) is 13.2. The molecule has 1 aliphatic heterocycles. The molecule has 2 aromatic carbocycles. The number of nitrogens with zero attached hydrogens (tertiary/aromatic N) is 2. The molecule has 1 fully saturated rings. The van der Waals surface area contributed by atoms with Crippen LogP contribution in [0, 0.1) is 13.8 Å². The number of carbonyl (C=O) groups is 2. The van der Waals surface area contributed by atoms with Crippen molar-refractivity contribution < 1.29 is 24.2 Å². The van der Waals surface area contributed by atoms with E-state index in [1.54, 1.807) is 42.7 Å². The van der Waals surface area contributed by atoms with E-state index in [2.05, 4.69) is 4.98 Å². The van der Waals surface area contributed by atoms with Crippen molar-refractivity contribution >= 4 is 23.1 Å². The van der Waals surface area contributed by atoms with Crippen molar-refractivity contribution in [1.29, 1.82) is 0 Å². The standard InChI is InChI=1S/C26H24N2O5/c1-15-5-6-16(2)19(13-15)28-23(17-9-11-27-12-10-17)22(25(30)26(28)31)24(29)18-7-8-20(32-3)21(14-18)33-4/h5-14,23,29H,1-4H3/b24-22-. The summed E-state index contributed by atoms with van der Waals surface area (Å²) in [5.41, 5.74) is 3.40. The second kappa shape index (κ2) is 8.78. The summed E-state index contributed by atoms with van der Waals surface area (Å²) >= 11 is 0. The van der Waals surface area contributed by atoms with E-state index in [4.69, 9.17) is 9.47 Å². The lowest BCUT2D eigenvalue weighted by Gasteiger charge is -2.27. The summed E-state index contributed by atoms with van der Waals surface area (Å²) in [7, 11) is 2.99. The van der Waals surface area contributed by atoms with Crippen LogP contribution in [0.1, 0.15) is 28.3 Å². The number of ketones is 1. The monoisotopic (exact) mass is 444 g/mol. The number of carbonyl (C=O) groups excluding carboxylic acids is 2. The van der Waals surface area contributed by atoms with Crippen molar-refractivity contribution in [3.63, 3.8) is 0 Å². The summed E-state index contributed by atoms with van der Waals surface area (Å²) in [6.07, 6.45) is 3.18. The molecular weight excluding hydrogens is 420 g/mol. The third kappa shape index (κ3) is 3.82. The minimum absolute atomic E-state index is 0.000624. The Morgan fingerprint density at radius 2 is 1.64 bits per heavy atom. The van der Waals surface area contributed by atoms with Gasteiger partial charge in [-0.05, 0) is 66.9 Å². The molecule has 0 bridgehead atoms. The number of aliphatic hydroxyl groups is 1. The van der Waals surface area contributed by atoms with Crippen molar-refractivity contribution in [1.82, 2.24) is 4.98 Å². The smallest absolute Gasteiger partial charge is 0.300 e. The maximum absolute atomic E-state index is 13.3. The van der Waals surface area contributed by atoms with Gasteiger partial charge in [-0.2, -0.15) is 0 Å². The molecule has 168 valence electrons. The Hall–Kier alpha value is -4.13. The van der Waals surface area contributed by atoms with E-state index in [9.17, 15) is 14.7 Å². The van der Waals surface area contributed by atoms with E-state index >= 15 is 0 Å². The Bertz CT molecular complexity index is 1270. The normalized spacial score (nSPS) is 17.3. The molecule has 1 unspecified atom stereocenters. The fourth-order valence-corrected chi connectivity index (χ4v) is 4.06. The SMILES string of the molecule is COc1ccc(/C(O)=C2/C(=O)C(=O)N(c3cc(C)ccc3C)C2c2ccncc2)cc1OC. The molecule has 1 N–H and O–H groups in total. The van der Waals surface area contributed by atoms with Crippen LogP contribution in [0.4, 0.5) is 5.69 Å². The number of pyridine rings is 1. The number of ether oxygens (including phenoxy) is 2. The van der Waals surface area contributed by atoms with Crippen LogP contribution in [0.3, 0.4) is 0 Å². The van der Waals surface area contributed by atoms with Gasteiger partial charge in [-0.1, -0.05) is 12.1 Å². The van der Waals surface area contributed by atoms with Crippen LogP contribution in [-0.4, -0.2) is 36.0 Å². The quantitative estimate of drug-likeness (QED) is 0.358. The van der Waals surface area contributed by atoms with Gasteiger partial charge in [0, 0.05) is 23.6 Å². The summed E-state index contributed by atoms with van der Waals surface area (Å²) in [5.74, 6) is -0.872. The zero-order chi connectivity index (χ0) is 23.7. The highest BCUT2D eigenvalue weighted by Crippen LogP contribution is 2.43. The van der Waals surface area contributed by atoms with Gasteiger partial charge in [0.25, 0.3) is 11.7 Å². The van der Waals surface area contributed by atoms with Gasteiger partial charge in [-0.3, -0.25) is 19.5 Å². The van der Waals surface area contributed by atoms with Gasteiger partial charge in [0.05, 0.1) is 25.8 Å². The highest BCUT2D eigenvalue weighted by Gasteiger charge is 2.47. The van der Waals surface area contributed by atoms with E-state index in [-0.39, 0.29) is 11.3 Å². The number of amides is 1. The number of aliphatic hydroxyl groups excluding tert-OH is 1. The largest absolute Gasteiger partial charge is 0.507 e. The Morgan fingerprint density at radius 3 is 2.30 bits per heavy atom. The number of aryl methyl sites for hydroxylation is 2. The summed E-state index contributed by atoms with van der Waals surface area (Å²) in [6.45, 7) is 3.80. The van der Waals surface area contributed by atoms with Crippen molar-refractivity contribution in [3.05, 3.63) is 88.8 Å². The molecule has 3 aromatic rings. The first kappa shape index (κ1) is 22.1. The van der Waals surface area contributed by atoms with E-state index in [1.165, 1.54) is 19.1 Å². The molecule has 0 spiro atoms. The highest BCUT2D eigenvalue weighted by molar-refractivity contribution is 6.51. The van der Waals surface area contributed by atoms with Crippen LogP contribution in [0.2, 0.25) is 0 Å². The molecule has 1 saturated heterocycles. The van der Waals surface area contributed by atoms with Crippen molar-refractivity contribution in [2.45, 2.75) is 19.9 Å². The number of hydrogen-bond acceptors (Lipinski definition) is 6. The first-order valence-electron chi connectivity index (χ1n) is 10.4. The fraction of sp³-hybridized carbons (Fsp3) is 0.192. The Labute approximate surface area is 191 Å². The molecule has 33 heavy (non-hydrogen) atoms. The molecule has 2 heterocycles. The molecule has 4 rings (SSSR count). The second-order valence-electron chi connectivity index (χ2n) is 7.81. The number of aromatic nitrogens is 1. The van der Waals surface area contributed by atoms with Crippen molar-refractivity contribution in [2.24, 2.45) is 0 Å². The third-order valence-corrected chi connectivity index (χ3v) is 5.75. The Kier molecular flexibility index (Phi) is 5.87. The van der Waals surface area contributed by atoms with E-state index in [0.29, 0.717) is 28.3 Å². The zero-order valence-corrected chi connectivity index (χ0v) is 18.8. The molecule has 1 aromatic heterocycles. The molecule has 0 radical (unpaired) electrons. The minimum atomic E-state index is -0.818. The lowest BCUT2D eigenvalue weighted by molar-refractivity contribution is -0.132. The summed E-state index contributed by atoms with van der Waals surface area (Å²) in [4.78, 5) is 32.1. The van der Waals surface area contributed by atoms with Crippen molar-refractivity contribution in [3.8, 4) is 11.5 Å². The molecular formula is C26H24N2O5. The van der Waals surface area contributed by atoms with Crippen LogP contribution in [-0.2, 0) is 9.59 Å². The summed E-state index contributed by atoms with van der Waals surface area (Å²) < 4.78 is 10.6. The first-order chi connectivity index (χ1) is 15.9. The van der Waals surface area contributed by atoms with Crippen LogP contribution in [0.5, 0.6) is 11.5 Å². The second-order valence-corrected chi connectivity index (χ2v) is 7.81. The van der Waals surface area contributed by atoms with Crippen LogP contribution >= 0.6 is 0 Å². The number of rotatable bonds is 5. The first-order valence-corrected chi connectivity index (χ1v) is 10.4.